The van der Waals surface area contributed by atoms with E-state index in [1.807, 2.05) is 6.07 Å². The van der Waals surface area contributed by atoms with E-state index in [0.717, 1.165) is 30.7 Å². The minimum atomic E-state index is -4.56. The molecule has 0 unspecified atom stereocenters. The molecule has 3 rings (SSSR count). The molecule has 1 aliphatic rings. The van der Waals surface area contributed by atoms with E-state index >= 15 is 0 Å². The molecule has 0 saturated heterocycles. The molecule has 0 radical (unpaired) electrons. The fourth-order valence-corrected chi connectivity index (χ4v) is 2.14. The molecule has 1 saturated carbocycles. The first kappa shape index (κ1) is 14.3. The van der Waals surface area contributed by atoms with Crippen LogP contribution >= 0.6 is 0 Å². The van der Waals surface area contributed by atoms with Crippen LogP contribution in [0.5, 0.6) is 0 Å². The number of pyridine rings is 2. The van der Waals surface area contributed by atoms with Crippen molar-refractivity contribution < 1.29 is 13.2 Å². The van der Waals surface area contributed by atoms with Crippen LogP contribution in [0, 0.1) is 11.3 Å². The Morgan fingerprint density at radius 2 is 2.00 bits per heavy atom. The number of rotatable bonds is 3. The van der Waals surface area contributed by atoms with E-state index in [9.17, 15) is 13.2 Å². The van der Waals surface area contributed by atoms with Crippen LogP contribution in [0.4, 0.5) is 24.7 Å². The molecule has 2 aromatic heterocycles. The minimum absolute atomic E-state index is 0.0543. The second kappa shape index (κ2) is 5.30. The number of halogens is 3. The van der Waals surface area contributed by atoms with Crippen molar-refractivity contribution >= 4 is 11.5 Å². The number of nitrogens with one attached hydrogen (secondary N) is 1. The Bertz CT molecular complexity index is 745. The number of alkyl halides is 3. The Morgan fingerprint density at radius 3 is 2.64 bits per heavy atom. The van der Waals surface area contributed by atoms with Crippen molar-refractivity contribution in [2.75, 3.05) is 5.32 Å². The molecule has 4 nitrogen and oxygen atoms in total. The van der Waals surface area contributed by atoms with Crippen molar-refractivity contribution in [2.24, 2.45) is 0 Å². The predicted octanol–water partition coefficient (Wildman–Crippen LogP) is 3.99. The summed E-state index contributed by atoms with van der Waals surface area (Å²) in [6.45, 7) is 0. The molecule has 0 spiro atoms. The molecule has 112 valence electrons. The van der Waals surface area contributed by atoms with E-state index in [1.165, 1.54) is 0 Å². The van der Waals surface area contributed by atoms with E-state index in [-0.39, 0.29) is 11.4 Å². The van der Waals surface area contributed by atoms with Gasteiger partial charge in [0.15, 0.2) is 0 Å². The Morgan fingerprint density at radius 1 is 1.23 bits per heavy atom. The first-order valence-electron chi connectivity index (χ1n) is 6.69. The summed E-state index contributed by atoms with van der Waals surface area (Å²) in [5, 5.41) is 11.9. The van der Waals surface area contributed by atoms with Gasteiger partial charge in [-0.1, -0.05) is 0 Å². The Labute approximate surface area is 124 Å². The van der Waals surface area contributed by atoms with Crippen LogP contribution in [0.3, 0.4) is 0 Å². The summed E-state index contributed by atoms with van der Waals surface area (Å²) in [7, 11) is 0. The van der Waals surface area contributed by atoms with Gasteiger partial charge in [0.05, 0.1) is 16.9 Å². The second-order valence-corrected chi connectivity index (χ2v) is 5.04. The van der Waals surface area contributed by atoms with E-state index < -0.39 is 11.9 Å². The lowest BCUT2D eigenvalue weighted by Gasteiger charge is -2.13. The van der Waals surface area contributed by atoms with Gasteiger partial charge < -0.3 is 5.32 Å². The van der Waals surface area contributed by atoms with Gasteiger partial charge in [-0.25, -0.2) is 4.98 Å². The Hall–Kier alpha value is -2.62. The van der Waals surface area contributed by atoms with Crippen molar-refractivity contribution in [3.63, 3.8) is 0 Å². The van der Waals surface area contributed by atoms with Crippen LogP contribution in [-0.2, 0) is 6.18 Å². The van der Waals surface area contributed by atoms with Gasteiger partial charge >= 0.3 is 6.18 Å². The van der Waals surface area contributed by atoms with Gasteiger partial charge in [0, 0.05) is 12.1 Å². The summed E-state index contributed by atoms with van der Waals surface area (Å²) < 4.78 is 38.3. The molecule has 1 fully saturated rings. The number of anilines is 2. The second-order valence-electron chi connectivity index (χ2n) is 5.04. The molecule has 2 heterocycles. The van der Waals surface area contributed by atoms with Crippen LogP contribution < -0.4 is 5.32 Å². The molecular formula is C15H11F3N4. The molecule has 0 atom stereocenters. The highest BCUT2D eigenvalue weighted by molar-refractivity contribution is 5.65. The number of hydrogen-bond donors (Lipinski definition) is 1. The Balaban J connectivity index is 2.00. The molecule has 0 aliphatic heterocycles. The van der Waals surface area contributed by atoms with Gasteiger partial charge in [-0.3, -0.25) is 4.98 Å². The summed E-state index contributed by atoms with van der Waals surface area (Å²) in [6.07, 6.45) is -0.901. The van der Waals surface area contributed by atoms with Crippen LogP contribution in [0.15, 0.2) is 30.5 Å². The molecule has 7 heteroatoms. The van der Waals surface area contributed by atoms with Crippen LogP contribution in [-0.4, -0.2) is 9.97 Å². The van der Waals surface area contributed by atoms with Gasteiger partial charge in [-0.15, -0.1) is 0 Å². The molecule has 0 aromatic carbocycles. The third-order valence-corrected chi connectivity index (χ3v) is 3.36. The first-order chi connectivity index (χ1) is 10.5. The summed E-state index contributed by atoms with van der Waals surface area (Å²) in [5.74, 6) is 0.215. The topological polar surface area (TPSA) is 61.6 Å². The smallest absolute Gasteiger partial charge is 0.338 e. The molecule has 2 aromatic rings. The number of hydrogen-bond acceptors (Lipinski definition) is 4. The van der Waals surface area contributed by atoms with Crippen molar-refractivity contribution in [3.8, 4) is 6.07 Å². The lowest BCUT2D eigenvalue weighted by atomic mass is 10.2. The molecule has 22 heavy (non-hydrogen) atoms. The first-order valence-corrected chi connectivity index (χ1v) is 6.69. The zero-order chi connectivity index (χ0) is 15.7. The maximum absolute atomic E-state index is 12.8. The lowest BCUT2D eigenvalue weighted by molar-refractivity contribution is -0.141. The average Bonchev–Trinajstić information content (AvgIpc) is 3.31. The molecule has 0 bridgehead atoms. The highest BCUT2D eigenvalue weighted by Crippen LogP contribution is 2.42. The van der Waals surface area contributed by atoms with Crippen molar-refractivity contribution in [3.05, 3.63) is 47.4 Å². The SMILES string of the molecule is N#Cc1ccc(C(F)(F)F)nc1Nc1cccnc1C1CC1. The highest BCUT2D eigenvalue weighted by atomic mass is 19.4. The van der Waals surface area contributed by atoms with Crippen LogP contribution in [0.25, 0.3) is 0 Å². The zero-order valence-corrected chi connectivity index (χ0v) is 11.4. The van der Waals surface area contributed by atoms with Gasteiger partial charge in [0.2, 0.25) is 0 Å². The standard InChI is InChI=1S/C15H11F3N4/c16-15(17,18)12-6-5-10(8-19)14(22-12)21-11-2-1-7-20-13(11)9-3-4-9/h1-2,5-7,9H,3-4H2,(H,21,22). The fourth-order valence-electron chi connectivity index (χ4n) is 2.14. The van der Waals surface area contributed by atoms with Crippen molar-refractivity contribution in [1.29, 1.82) is 5.26 Å². The largest absolute Gasteiger partial charge is 0.433 e. The van der Waals surface area contributed by atoms with E-state index in [1.54, 1.807) is 18.3 Å². The fraction of sp³-hybridized carbons (Fsp3) is 0.267. The predicted molar refractivity (Wildman–Crippen MR) is 73.4 cm³/mol. The third kappa shape index (κ3) is 2.86. The van der Waals surface area contributed by atoms with Crippen LogP contribution in [0.2, 0.25) is 0 Å². The van der Waals surface area contributed by atoms with Gasteiger partial charge in [-0.05, 0) is 37.1 Å². The molecule has 1 N–H and O–H groups in total. The number of nitriles is 1. The van der Waals surface area contributed by atoms with Gasteiger partial charge in [0.25, 0.3) is 0 Å². The quantitative estimate of drug-likeness (QED) is 0.931. The monoisotopic (exact) mass is 304 g/mol. The highest BCUT2D eigenvalue weighted by Gasteiger charge is 2.33. The summed E-state index contributed by atoms with van der Waals surface area (Å²) >= 11 is 0. The van der Waals surface area contributed by atoms with Crippen molar-refractivity contribution in [2.45, 2.75) is 24.9 Å². The van der Waals surface area contributed by atoms with E-state index in [4.69, 9.17) is 5.26 Å². The van der Waals surface area contributed by atoms with E-state index in [0.29, 0.717) is 11.6 Å². The van der Waals surface area contributed by atoms with Crippen LogP contribution in [0.1, 0.15) is 35.7 Å². The maximum atomic E-state index is 12.8. The zero-order valence-electron chi connectivity index (χ0n) is 11.4. The average molecular weight is 304 g/mol. The number of aromatic nitrogens is 2. The van der Waals surface area contributed by atoms with Gasteiger partial charge in [-0.2, -0.15) is 18.4 Å². The minimum Gasteiger partial charge on any atom is -0.338 e. The summed E-state index contributed by atoms with van der Waals surface area (Å²) in [4.78, 5) is 7.81. The maximum Gasteiger partial charge on any atom is 0.433 e. The summed E-state index contributed by atoms with van der Waals surface area (Å²) in [5.41, 5.74) is 0.406. The third-order valence-electron chi connectivity index (χ3n) is 3.36. The summed E-state index contributed by atoms with van der Waals surface area (Å²) in [6, 6.07) is 7.18. The molecule has 1 aliphatic carbocycles. The normalized spacial score (nSPS) is 14.5. The lowest BCUT2D eigenvalue weighted by Crippen LogP contribution is -2.10. The van der Waals surface area contributed by atoms with Crippen molar-refractivity contribution in [1.82, 2.24) is 9.97 Å². The van der Waals surface area contributed by atoms with E-state index in [2.05, 4.69) is 15.3 Å². The number of nitrogens with zero attached hydrogens (tertiary/aromatic N) is 3. The Kier molecular flexibility index (Phi) is 3.45. The molecule has 0 amide bonds. The molecular weight excluding hydrogens is 293 g/mol. The van der Waals surface area contributed by atoms with Gasteiger partial charge in [0.1, 0.15) is 17.6 Å².